The molecule has 0 radical (unpaired) electrons. The van der Waals surface area contributed by atoms with E-state index in [0.29, 0.717) is 18.0 Å². The van der Waals surface area contributed by atoms with Crippen LogP contribution in [0.4, 0.5) is 4.39 Å². The molecule has 4 nitrogen and oxygen atoms in total. The monoisotopic (exact) mass is 360 g/mol. The number of ether oxygens (including phenoxy) is 1. The van der Waals surface area contributed by atoms with Crippen molar-refractivity contribution in [3.63, 3.8) is 0 Å². The van der Waals surface area contributed by atoms with E-state index in [1.807, 2.05) is 24.3 Å². The number of halogens is 1. The number of rotatable bonds is 5. The maximum atomic E-state index is 13.3. The van der Waals surface area contributed by atoms with Crippen LogP contribution in [-0.2, 0) is 6.61 Å². The van der Waals surface area contributed by atoms with Gasteiger partial charge in [-0.3, -0.25) is 0 Å². The lowest BCUT2D eigenvalue weighted by Crippen LogP contribution is -1.95. The first kappa shape index (κ1) is 17.0. The van der Waals surface area contributed by atoms with Gasteiger partial charge in [-0.2, -0.15) is 4.98 Å². The second-order valence-corrected chi connectivity index (χ2v) is 6.23. The number of hydrogen-bond donors (Lipinski definition) is 0. The molecule has 0 aliphatic rings. The fourth-order valence-corrected chi connectivity index (χ4v) is 2.63. The van der Waals surface area contributed by atoms with Crippen molar-refractivity contribution in [2.75, 3.05) is 0 Å². The lowest BCUT2D eigenvalue weighted by Gasteiger charge is -2.07. The number of hydrogen-bond acceptors (Lipinski definition) is 4. The molecule has 0 amide bonds. The number of aromatic nitrogens is 2. The Morgan fingerprint density at radius 3 is 2.44 bits per heavy atom. The summed E-state index contributed by atoms with van der Waals surface area (Å²) in [6, 6.07) is 21.8. The highest BCUT2D eigenvalue weighted by atomic mass is 19.1. The molecule has 27 heavy (non-hydrogen) atoms. The van der Waals surface area contributed by atoms with Crippen molar-refractivity contribution in [1.29, 1.82) is 0 Å². The predicted octanol–water partition coefficient (Wildman–Crippen LogP) is 5.43. The largest absolute Gasteiger partial charge is 0.489 e. The zero-order chi connectivity index (χ0) is 18.6. The van der Waals surface area contributed by atoms with E-state index in [-0.39, 0.29) is 11.7 Å². The molecule has 4 rings (SSSR count). The van der Waals surface area contributed by atoms with Crippen molar-refractivity contribution in [2.45, 2.75) is 13.5 Å². The molecule has 134 valence electrons. The molecular weight excluding hydrogens is 343 g/mol. The van der Waals surface area contributed by atoms with E-state index in [9.17, 15) is 4.39 Å². The highest BCUT2D eigenvalue weighted by Gasteiger charge is 2.11. The average Bonchev–Trinajstić information content (AvgIpc) is 3.18. The minimum Gasteiger partial charge on any atom is -0.489 e. The lowest BCUT2D eigenvalue weighted by atomic mass is 10.1. The SMILES string of the molecule is Cc1ccc(COc2ccc(-c3noc(-c4cccc(F)c4)n3)cc2)cc1. The van der Waals surface area contributed by atoms with E-state index in [1.165, 1.54) is 17.7 Å². The average molecular weight is 360 g/mol. The molecule has 0 fully saturated rings. The molecule has 0 N–H and O–H groups in total. The number of aryl methyl sites for hydroxylation is 1. The first-order valence-electron chi connectivity index (χ1n) is 8.56. The van der Waals surface area contributed by atoms with Gasteiger partial charge in [0, 0.05) is 11.1 Å². The van der Waals surface area contributed by atoms with Crippen molar-refractivity contribution < 1.29 is 13.7 Å². The maximum Gasteiger partial charge on any atom is 0.258 e. The minimum absolute atomic E-state index is 0.282. The Morgan fingerprint density at radius 2 is 1.70 bits per heavy atom. The summed E-state index contributed by atoms with van der Waals surface area (Å²) in [5.41, 5.74) is 3.68. The van der Waals surface area contributed by atoms with E-state index in [0.717, 1.165) is 16.9 Å². The van der Waals surface area contributed by atoms with Crippen LogP contribution in [0.1, 0.15) is 11.1 Å². The second kappa shape index (κ2) is 7.41. The van der Waals surface area contributed by atoms with Gasteiger partial charge in [-0.05, 0) is 55.0 Å². The minimum atomic E-state index is -0.345. The number of benzene rings is 3. The third-order valence-corrected chi connectivity index (χ3v) is 4.14. The van der Waals surface area contributed by atoms with Gasteiger partial charge in [0.05, 0.1) is 0 Å². The van der Waals surface area contributed by atoms with E-state index < -0.39 is 0 Å². The Labute approximate surface area is 156 Å². The number of nitrogens with zero attached hydrogens (tertiary/aromatic N) is 2. The molecule has 0 saturated carbocycles. The molecular formula is C22H17FN2O2. The summed E-state index contributed by atoms with van der Waals surface area (Å²) in [5, 5.41) is 3.97. The van der Waals surface area contributed by atoms with Gasteiger partial charge in [-0.15, -0.1) is 0 Å². The van der Waals surface area contributed by atoms with Gasteiger partial charge in [-0.25, -0.2) is 4.39 Å². The molecule has 4 aromatic rings. The molecule has 0 saturated heterocycles. The smallest absolute Gasteiger partial charge is 0.258 e. The summed E-state index contributed by atoms with van der Waals surface area (Å²) >= 11 is 0. The summed E-state index contributed by atoms with van der Waals surface area (Å²) < 4.78 is 24.4. The molecule has 0 atom stereocenters. The maximum absolute atomic E-state index is 13.3. The summed E-state index contributed by atoms with van der Waals surface area (Å²) in [5.74, 6) is 1.14. The Bertz CT molecular complexity index is 1040. The zero-order valence-electron chi connectivity index (χ0n) is 14.7. The Hall–Kier alpha value is -3.47. The molecule has 5 heteroatoms. The van der Waals surface area contributed by atoms with Crippen LogP contribution < -0.4 is 4.74 Å². The molecule has 0 unspecified atom stereocenters. The molecule has 0 spiro atoms. The van der Waals surface area contributed by atoms with Gasteiger partial charge in [0.1, 0.15) is 18.2 Å². The molecule has 0 aliphatic heterocycles. The van der Waals surface area contributed by atoms with Crippen LogP contribution in [0.15, 0.2) is 77.3 Å². The highest BCUT2D eigenvalue weighted by Crippen LogP contribution is 2.24. The third kappa shape index (κ3) is 4.03. The molecule has 0 aliphatic carbocycles. The molecule has 3 aromatic carbocycles. The van der Waals surface area contributed by atoms with Crippen LogP contribution in [0.5, 0.6) is 5.75 Å². The first-order chi connectivity index (χ1) is 13.2. The summed E-state index contributed by atoms with van der Waals surface area (Å²) in [4.78, 5) is 4.34. The Morgan fingerprint density at radius 1 is 0.926 bits per heavy atom. The van der Waals surface area contributed by atoms with Crippen LogP contribution in [0.3, 0.4) is 0 Å². The second-order valence-electron chi connectivity index (χ2n) is 6.23. The Balaban J connectivity index is 1.45. The van der Waals surface area contributed by atoms with Crippen LogP contribution in [0, 0.1) is 12.7 Å². The summed E-state index contributed by atoms with van der Waals surface area (Å²) in [7, 11) is 0. The van der Waals surface area contributed by atoms with Crippen LogP contribution in [0.2, 0.25) is 0 Å². The standard InChI is InChI=1S/C22H17FN2O2/c1-15-5-7-16(8-6-15)14-26-20-11-9-17(10-12-20)21-24-22(27-25-21)18-3-2-4-19(23)13-18/h2-13H,14H2,1H3. The predicted molar refractivity (Wildman–Crippen MR) is 101 cm³/mol. The topological polar surface area (TPSA) is 48.2 Å². The van der Waals surface area contributed by atoms with Crippen molar-refractivity contribution in [3.05, 3.63) is 89.7 Å². The quantitative estimate of drug-likeness (QED) is 0.476. The molecule has 1 aromatic heterocycles. The van der Waals surface area contributed by atoms with E-state index in [4.69, 9.17) is 9.26 Å². The van der Waals surface area contributed by atoms with Gasteiger partial charge in [0.15, 0.2) is 0 Å². The lowest BCUT2D eigenvalue weighted by molar-refractivity contribution is 0.306. The summed E-state index contributed by atoms with van der Waals surface area (Å²) in [6.07, 6.45) is 0. The fourth-order valence-electron chi connectivity index (χ4n) is 2.63. The van der Waals surface area contributed by atoms with Crippen molar-refractivity contribution in [2.24, 2.45) is 0 Å². The van der Waals surface area contributed by atoms with Crippen LogP contribution in [0.25, 0.3) is 22.8 Å². The van der Waals surface area contributed by atoms with E-state index in [1.54, 1.807) is 12.1 Å². The zero-order valence-corrected chi connectivity index (χ0v) is 14.7. The van der Waals surface area contributed by atoms with Gasteiger partial charge in [-0.1, -0.05) is 41.1 Å². The molecule has 1 heterocycles. The Kier molecular flexibility index (Phi) is 4.66. The van der Waals surface area contributed by atoms with Gasteiger partial charge in [0.2, 0.25) is 5.82 Å². The van der Waals surface area contributed by atoms with Crippen molar-refractivity contribution >= 4 is 0 Å². The first-order valence-corrected chi connectivity index (χ1v) is 8.56. The normalized spacial score (nSPS) is 10.7. The highest BCUT2D eigenvalue weighted by molar-refractivity contribution is 5.60. The van der Waals surface area contributed by atoms with Gasteiger partial charge in [0.25, 0.3) is 5.89 Å². The van der Waals surface area contributed by atoms with E-state index in [2.05, 4.69) is 41.3 Å². The summed E-state index contributed by atoms with van der Waals surface area (Å²) in [6.45, 7) is 2.56. The van der Waals surface area contributed by atoms with E-state index >= 15 is 0 Å². The van der Waals surface area contributed by atoms with Crippen LogP contribution in [-0.4, -0.2) is 10.1 Å². The van der Waals surface area contributed by atoms with Crippen molar-refractivity contribution in [1.82, 2.24) is 10.1 Å². The third-order valence-electron chi connectivity index (χ3n) is 4.14. The fraction of sp³-hybridized carbons (Fsp3) is 0.0909. The van der Waals surface area contributed by atoms with Crippen molar-refractivity contribution in [3.8, 4) is 28.6 Å². The van der Waals surface area contributed by atoms with Gasteiger partial charge < -0.3 is 9.26 Å². The molecule has 0 bridgehead atoms. The van der Waals surface area contributed by atoms with Crippen LogP contribution >= 0.6 is 0 Å². The van der Waals surface area contributed by atoms with Gasteiger partial charge >= 0.3 is 0 Å².